The van der Waals surface area contributed by atoms with Crippen molar-refractivity contribution in [2.75, 3.05) is 11.9 Å². The maximum absolute atomic E-state index is 13.4. The van der Waals surface area contributed by atoms with Gasteiger partial charge in [0.15, 0.2) is 0 Å². The van der Waals surface area contributed by atoms with Crippen molar-refractivity contribution >= 4 is 28.8 Å². The Morgan fingerprint density at radius 2 is 1.87 bits per heavy atom. The summed E-state index contributed by atoms with van der Waals surface area (Å²) in [4.78, 5) is 30.8. The molecule has 2 amide bonds. The molecule has 6 heteroatoms. The number of phenols is 1. The van der Waals surface area contributed by atoms with Crippen LogP contribution in [0.1, 0.15) is 28.5 Å². The molecule has 30 heavy (non-hydrogen) atoms. The zero-order chi connectivity index (χ0) is 21.3. The molecule has 0 bridgehead atoms. The van der Waals surface area contributed by atoms with E-state index < -0.39 is 5.92 Å². The fraction of sp³-hybridized carbons (Fsp3) is 0.250. The van der Waals surface area contributed by atoms with E-state index in [0.717, 1.165) is 16.1 Å². The lowest BCUT2D eigenvalue weighted by molar-refractivity contribution is -0.135. The number of rotatable bonds is 5. The Kier molecular flexibility index (Phi) is 5.59. The number of thiophene rings is 1. The van der Waals surface area contributed by atoms with Crippen LogP contribution in [-0.4, -0.2) is 28.9 Å². The maximum atomic E-state index is 13.4. The van der Waals surface area contributed by atoms with E-state index in [1.54, 1.807) is 46.4 Å². The summed E-state index contributed by atoms with van der Waals surface area (Å²) >= 11 is 1.56. The third-order valence-electron chi connectivity index (χ3n) is 5.56. The van der Waals surface area contributed by atoms with E-state index in [0.29, 0.717) is 5.56 Å². The van der Waals surface area contributed by atoms with E-state index in [1.807, 2.05) is 54.8 Å². The van der Waals surface area contributed by atoms with Gasteiger partial charge in [0.1, 0.15) is 5.75 Å². The molecule has 1 N–H and O–H groups in total. The van der Waals surface area contributed by atoms with Crippen LogP contribution in [0.2, 0.25) is 0 Å². The van der Waals surface area contributed by atoms with E-state index >= 15 is 0 Å². The number of hydrogen-bond acceptors (Lipinski definition) is 4. The number of para-hydroxylation sites is 1. The third-order valence-corrected chi connectivity index (χ3v) is 6.50. The standard InChI is InChI=1S/C24H24N2O3S/c1-16-9-11-18(12-10-16)26-22(28)14-19(23(26)21-8-5-13-30-21)24(29)25(2)15-17-6-3-4-7-20(17)27/h3-13,19,23,27H,14-15H2,1-2H3. The summed E-state index contributed by atoms with van der Waals surface area (Å²) in [6.45, 7) is 2.30. The highest BCUT2D eigenvalue weighted by atomic mass is 32.1. The van der Waals surface area contributed by atoms with E-state index in [4.69, 9.17) is 0 Å². The summed E-state index contributed by atoms with van der Waals surface area (Å²) in [7, 11) is 1.72. The van der Waals surface area contributed by atoms with Gasteiger partial charge in [-0.05, 0) is 36.6 Å². The number of hydrogen-bond donors (Lipinski definition) is 1. The molecule has 1 aliphatic rings. The Balaban J connectivity index is 1.64. The average molecular weight is 421 g/mol. The first-order valence-electron chi connectivity index (χ1n) is 9.89. The maximum Gasteiger partial charge on any atom is 0.228 e. The molecule has 2 unspecified atom stereocenters. The molecule has 1 fully saturated rings. The van der Waals surface area contributed by atoms with Gasteiger partial charge in [-0.1, -0.05) is 42.0 Å². The molecule has 0 spiro atoms. The summed E-state index contributed by atoms with van der Waals surface area (Å²) in [6, 6.07) is 18.4. The Morgan fingerprint density at radius 1 is 1.13 bits per heavy atom. The van der Waals surface area contributed by atoms with Crippen LogP contribution < -0.4 is 4.90 Å². The highest BCUT2D eigenvalue weighted by Gasteiger charge is 2.46. The predicted molar refractivity (Wildman–Crippen MR) is 118 cm³/mol. The molecule has 2 aromatic carbocycles. The number of nitrogens with zero attached hydrogens (tertiary/aromatic N) is 2. The molecule has 2 heterocycles. The van der Waals surface area contributed by atoms with Crippen LogP contribution in [0.25, 0.3) is 0 Å². The van der Waals surface area contributed by atoms with Crippen LogP contribution in [-0.2, 0) is 16.1 Å². The lowest BCUT2D eigenvalue weighted by Crippen LogP contribution is -2.36. The summed E-state index contributed by atoms with van der Waals surface area (Å²) in [5.41, 5.74) is 2.61. The van der Waals surface area contributed by atoms with Gasteiger partial charge in [-0.3, -0.25) is 9.59 Å². The van der Waals surface area contributed by atoms with Crippen LogP contribution in [0.4, 0.5) is 5.69 Å². The first-order valence-corrected chi connectivity index (χ1v) is 10.8. The number of aromatic hydroxyl groups is 1. The highest BCUT2D eigenvalue weighted by molar-refractivity contribution is 7.10. The first kappa shape index (κ1) is 20.2. The fourth-order valence-corrected chi connectivity index (χ4v) is 4.89. The number of carbonyl (C=O) groups excluding carboxylic acids is 2. The van der Waals surface area contributed by atoms with Gasteiger partial charge in [0.25, 0.3) is 0 Å². The van der Waals surface area contributed by atoms with Crippen molar-refractivity contribution in [3.63, 3.8) is 0 Å². The molecule has 1 saturated heterocycles. The molecule has 2 atom stereocenters. The topological polar surface area (TPSA) is 60.9 Å². The van der Waals surface area contributed by atoms with Crippen LogP contribution >= 0.6 is 11.3 Å². The van der Waals surface area contributed by atoms with Crippen molar-refractivity contribution in [2.45, 2.75) is 25.9 Å². The van der Waals surface area contributed by atoms with Gasteiger partial charge in [-0.2, -0.15) is 0 Å². The van der Waals surface area contributed by atoms with Crippen LogP contribution in [0, 0.1) is 12.8 Å². The molecule has 154 valence electrons. The van der Waals surface area contributed by atoms with E-state index in [2.05, 4.69) is 0 Å². The molecule has 0 saturated carbocycles. The Hall–Kier alpha value is -3.12. The van der Waals surface area contributed by atoms with Gasteiger partial charge < -0.3 is 14.9 Å². The highest BCUT2D eigenvalue weighted by Crippen LogP contribution is 2.43. The number of benzene rings is 2. The first-order chi connectivity index (χ1) is 14.5. The summed E-state index contributed by atoms with van der Waals surface area (Å²) < 4.78 is 0. The Bertz CT molecular complexity index is 1050. The van der Waals surface area contributed by atoms with Crippen molar-refractivity contribution in [1.82, 2.24) is 4.90 Å². The molecule has 1 aromatic heterocycles. The molecule has 3 aromatic rings. The predicted octanol–water partition coefficient (Wildman–Crippen LogP) is 4.51. The number of anilines is 1. The van der Waals surface area contributed by atoms with E-state index in [-0.39, 0.29) is 36.6 Å². The third kappa shape index (κ3) is 3.83. The molecular formula is C24H24N2O3S. The van der Waals surface area contributed by atoms with Crippen LogP contribution in [0.5, 0.6) is 5.75 Å². The largest absolute Gasteiger partial charge is 0.508 e. The van der Waals surface area contributed by atoms with Gasteiger partial charge in [-0.25, -0.2) is 0 Å². The summed E-state index contributed by atoms with van der Waals surface area (Å²) in [5.74, 6) is -0.463. The molecule has 5 nitrogen and oxygen atoms in total. The van der Waals surface area contributed by atoms with Gasteiger partial charge in [0, 0.05) is 36.1 Å². The van der Waals surface area contributed by atoms with E-state index in [9.17, 15) is 14.7 Å². The second-order valence-corrected chi connectivity index (χ2v) is 8.67. The van der Waals surface area contributed by atoms with Crippen molar-refractivity contribution in [3.8, 4) is 5.75 Å². The minimum Gasteiger partial charge on any atom is -0.508 e. The van der Waals surface area contributed by atoms with Gasteiger partial charge >= 0.3 is 0 Å². The smallest absolute Gasteiger partial charge is 0.228 e. The van der Waals surface area contributed by atoms with Crippen LogP contribution in [0.3, 0.4) is 0 Å². The van der Waals surface area contributed by atoms with Crippen LogP contribution in [0.15, 0.2) is 66.0 Å². The van der Waals surface area contributed by atoms with Crippen molar-refractivity contribution < 1.29 is 14.7 Å². The van der Waals surface area contributed by atoms with E-state index in [1.165, 1.54) is 0 Å². The number of aryl methyl sites for hydroxylation is 1. The number of amides is 2. The minimum atomic E-state index is -0.478. The second kappa shape index (κ2) is 8.32. The van der Waals surface area contributed by atoms with Crippen molar-refractivity contribution in [2.24, 2.45) is 5.92 Å². The SMILES string of the molecule is Cc1ccc(N2C(=O)CC(C(=O)N(C)Cc3ccccc3O)C2c2cccs2)cc1. The second-order valence-electron chi connectivity index (χ2n) is 7.69. The van der Waals surface area contributed by atoms with Crippen molar-refractivity contribution in [3.05, 3.63) is 82.0 Å². The summed E-state index contributed by atoms with van der Waals surface area (Å²) in [5, 5.41) is 12.0. The zero-order valence-corrected chi connectivity index (χ0v) is 17.8. The summed E-state index contributed by atoms with van der Waals surface area (Å²) in [6.07, 6.45) is 0.167. The quantitative estimate of drug-likeness (QED) is 0.660. The Morgan fingerprint density at radius 3 is 2.53 bits per heavy atom. The lowest BCUT2D eigenvalue weighted by atomic mass is 9.96. The zero-order valence-electron chi connectivity index (χ0n) is 17.0. The molecular weight excluding hydrogens is 396 g/mol. The van der Waals surface area contributed by atoms with Gasteiger partial charge in [0.05, 0.1) is 12.0 Å². The average Bonchev–Trinajstić information content (AvgIpc) is 3.37. The normalized spacial score (nSPS) is 18.6. The lowest BCUT2D eigenvalue weighted by Gasteiger charge is -2.29. The van der Waals surface area contributed by atoms with Gasteiger partial charge in [0.2, 0.25) is 11.8 Å². The molecule has 4 rings (SSSR count). The minimum absolute atomic E-state index is 0.0495. The Labute approximate surface area is 180 Å². The number of phenolic OH excluding ortho intramolecular Hbond substituents is 1. The fourth-order valence-electron chi connectivity index (χ4n) is 4.01. The molecule has 0 radical (unpaired) electrons. The number of carbonyl (C=O) groups is 2. The van der Waals surface area contributed by atoms with Crippen molar-refractivity contribution in [1.29, 1.82) is 0 Å². The van der Waals surface area contributed by atoms with Gasteiger partial charge in [-0.15, -0.1) is 11.3 Å². The molecule has 0 aliphatic carbocycles. The monoisotopic (exact) mass is 420 g/mol. The molecule has 1 aliphatic heterocycles.